The zero-order valence-electron chi connectivity index (χ0n) is 8.57. The summed E-state index contributed by atoms with van der Waals surface area (Å²) in [6.45, 7) is 2.40. The normalized spacial score (nSPS) is 10.5. The lowest BCUT2D eigenvalue weighted by atomic mass is 10.2. The van der Waals surface area contributed by atoms with Gasteiger partial charge in [0.2, 0.25) is 0 Å². The van der Waals surface area contributed by atoms with E-state index in [1.165, 1.54) is 6.08 Å². The number of carbonyl (C=O) groups excluding carboxylic acids is 1. The van der Waals surface area contributed by atoms with E-state index in [0.29, 0.717) is 11.6 Å². The Balaban J connectivity index is 2.58. The standard InChI is InChI=1S/C12H13ClO2/c1-2-9-15-12(14)8-7-10-5-3-4-6-11(10)13/h3-8H,2,9H2,1H3. The van der Waals surface area contributed by atoms with Crippen LogP contribution in [-0.2, 0) is 9.53 Å². The van der Waals surface area contributed by atoms with Crippen LogP contribution in [0.15, 0.2) is 30.3 Å². The predicted molar refractivity (Wildman–Crippen MR) is 61.7 cm³/mol. The number of rotatable bonds is 4. The third-order valence-corrected chi connectivity index (χ3v) is 2.10. The Morgan fingerprint density at radius 2 is 2.20 bits per heavy atom. The molecule has 3 heteroatoms. The molecule has 0 saturated heterocycles. The minimum atomic E-state index is -0.336. The van der Waals surface area contributed by atoms with Crippen molar-refractivity contribution in [2.24, 2.45) is 0 Å². The van der Waals surface area contributed by atoms with Gasteiger partial charge in [-0.05, 0) is 24.1 Å². The molecule has 0 radical (unpaired) electrons. The Kier molecular flexibility index (Phi) is 4.91. The van der Waals surface area contributed by atoms with Crippen LogP contribution in [0.4, 0.5) is 0 Å². The number of esters is 1. The molecule has 0 spiro atoms. The second kappa shape index (κ2) is 6.25. The SMILES string of the molecule is CCCOC(=O)C=Cc1ccccc1Cl. The van der Waals surface area contributed by atoms with Crippen LogP contribution in [0.2, 0.25) is 5.02 Å². The van der Waals surface area contributed by atoms with Gasteiger partial charge in [0.15, 0.2) is 0 Å². The molecular weight excluding hydrogens is 212 g/mol. The first-order valence-corrected chi connectivity index (χ1v) is 5.21. The van der Waals surface area contributed by atoms with Crippen LogP contribution in [0.5, 0.6) is 0 Å². The number of hydrogen-bond donors (Lipinski definition) is 0. The van der Waals surface area contributed by atoms with Gasteiger partial charge in [-0.1, -0.05) is 36.7 Å². The summed E-state index contributed by atoms with van der Waals surface area (Å²) in [5.41, 5.74) is 0.813. The van der Waals surface area contributed by atoms with Crippen molar-refractivity contribution in [2.45, 2.75) is 13.3 Å². The summed E-state index contributed by atoms with van der Waals surface area (Å²) in [5.74, 6) is -0.336. The first kappa shape index (κ1) is 11.8. The average molecular weight is 225 g/mol. The smallest absolute Gasteiger partial charge is 0.330 e. The van der Waals surface area contributed by atoms with E-state index in [0.717, 1.165) is 12.0 Å². The topological polar surface area (TPSA) is 26.3 Å². The fraction of sp³-hybridized carbons (Fsp3) is 0.250. The summed E-state index contributed by atoms with van der Waals surface area (Å²) >= 11 is 5.91. The van der Waals surface area contributed by atoms with Gasteiger partial charge in [-0.15, -0.1) is 0 Å². The van der Waals surface area contributed by atoms with E-state index >= 15 is 0 Å². The highest BCUT2D eigenvalue weighted by atomic mass is 35.5. The Morgan fingerprint density at radius 1 is 1.47 bits per heavy atom. The molecule has 80 valence electrons. The molecule has 15 heavy (non-hydrogen) atoms. The maximum Gasteiger partial charge on any atom is 0.330 e. The highest BCUT2D eigenvalue weighted by Gasteiger charge is 1.97. The van der Waals surface area contributed by atoms with E-state index in [4.69, 9.17) is 16.3 Å². The minimum absolute atomic E-state index is 0.336. The molecule has 0 saturated carbocycles. The van der Waals surface area contributed by atoms with Crippen LogP contribution in [0.3, 0.4) is 0 Å². The molecule has 0 aliphatic carbocycles. The third kappa shape index (κ3) is 4.17. The fourth-order valence-corrected chi connectivity index (χ4v) is 1.22. The first-order chi connectivity index (χ1) is 7.24. The van der Waals surface area contributed by atoms with Crippen molar-refractivity contribution in [3.05, 3.63) is 40.9 Å². The molecule has 0 aromatic heterocycles. The quantitative estimate of drug-likeness (QED) is 0.580. The monoisotopic (exact) mass is 224 g/mol. The molecule has 0 bridgehead atoms. The van der Waals surface area contributed by atoms with Crippen molar-refractivity contribution in [3.63, 3.8) is 0 Å². The average Bonchev–Trinajstić information content (AvgIpc) is 2.25. The highest BCUT2D eigenvalue weighted by Crippen LogP contribution is 2.16. The van der Waals surface area contributed by atoms with Crippen molar-refractivity contribution < 1.29 is 9.53 Å². The van der Waals surface area contributed by atoms with Crippen molar-refractivity contribution in [2.75, 3.05) is 6.61 Å². The number of ether oxygens (including phenoxy) is 1. The van der Waals surface area contributed by atoms with Gasteiger partial charge < -0.3 is 4.74 Å². The fourth-order valence-electron chi connectivity index (χ4n) is 1.02. The van der Waals surface area contributed by atoms with E-state index in [9.17, 15) is 4.79 Å². The van der Waals surface area contributed by atoms with Gasteiger partial charge in [-0.2, -0.15) is 0 Å². The summed E-state index contributed by atoms with van der Waals surface area (Å²) in [6.07, 6.45) is 3.86. The number of hydrogen-bond acceptors (Lipinski definition) is 2. The summed E-state index contributed by atoms with van der Waals surface area (Å²) in [4.78, 5) is 11.1. The number of benzene rings is 1. The maximum atomic E-state index is 11.1. The second-order valence-electron chi connectivity index (χ2n) is 3.02. The van der Waals surface area contributed by atoms with Crippen LogP contribution in [0.25, 0.3) is 6.08 Å². The summed E-state index contributed by atoms with van der Waals surface area (Å²) in [6, 6.07) is 7.32. The van der Waals surface area contributed by atoms with Crippen LogP contribution in [0.1, 0.15) is 18.9 Å². The molecule has 1 rings (SSSR count). The zero-order chi connectivity index (χ0) is 11.1. The van der Waals surface area contributed by atoms with Gasteiger partial charge in [0.05, 0.1) is 6.61 Å². The van der Waals surface area contributed by atoms with Crippen molar-refractivity contribution in [1.82, 2.24) is 0 Å². The highest BCUT2D eigenvalue weighted by molar-refractivity contribution is 6.32. The van der Waals surface area contributed by atoms with Crippen LogP contribution in [0, 0.1) is 0 Å². The first-order valence-electron chi connectivity index (χ1n) is 4.83. The summed E-state index contributed by atoms with van der Waals surface area (Å²) < 4.78 is 4.88. The lowest BCUT2D eigenvalue weighted by Gasteiger charge is -1.98. The van der Waals surface area contributed by atoms with Gasteiger partial charge in [0.1, 0.15) is 0 Å². The lowest BCUT2D eigenvalue weighted by Crippen LogP contribution is -2.00. The van der Waals surface area contributed by atoms with E-state index in [1.54, 1.807) is 12.1 Å². The number of carbonyl (C=O) groups is 1. The van der Waals surface area contributed by atoms with E-state index in [2.05, 4.69) is 0 Å². The molecule has 1 aromatic rings. The Morgan fingerprint density at radius 3 is 2.87 bits per heavy atom. The van der Waals surface area contributed by atoms with Gasteiger partial charge in [-0.25, -0.2) is 4.79 Å². The third-order valence-electron chi connectivity index (χ3n) is 1.75. The van der Waals surface area contributed by atoms with Crippen molar-refractivity contribution in [3.8, 4) is 0 Å². The summed E-state index contributed by atoms with van der Waals surface area (Å²) in [5, 5.41) is 0.622. The van der Waals surface area contributed by atoms with E-state index < -0.39 is 0 Å². The van der Waals surface area contributed by atoms with E-state index in [1.807, 2.05) is 25.1 Å². The van der Waals surface area contributed by atoms with Gasteiger partial charge in [0.25, 0.3) is 0 Å². The Bertz CT molecular complexity index is 358. The molecule has 0 aliphatic rings. The van der Waals surface area contributed by atoms with Gasteiger partial charge >= 0.3 is 5.97 Å². The molecule has 0 fully saturated rings. The van der Waals surface area contributed by atoms with Crippen LogP contribution < -0.4 is 0 Å². The molecule has 2 nitrogen and oxygen atoms in total. The summed E-state index contributed by atoms with van der Waals surface area (Å²) in [7, 11) is 0. The molecule has 0 N–H and O–H groups in total. The molecule has 0 heterocycles. The number of halogens is 1. The maximum absolute atomic E-state index is 11.1. The van der Waals surface area contributed by atoms with Crippen LogP contribution in [-0.4, -0.2) is 12.6 Å². The lowest BCUT2D eigenvalue weighted by molar-refractivity contribution is -0.137. The Hall–Kier alpha value is -1.28. The molecule has 0 unspecified atom stereocenters. The second-order valence-corrected chi connectivity index (χ2v) is 3.43. The molecule has 1 aromatic carbocycles. The predicted octanol–water partition coefficient (Wildman–Crippen LogP) is 3.31. The van der Waals surface area contributed by atoms with Crippen molar-refractivity contribution >= 4 is 23.6 Å². The van der Waals surface area contributed by atoms with Gasteiger partial charge in [0, 0.05) is 11.1 Å². The minimum Gasteiger partial charge on any atom is -0.463 e. The zero-order valence-corrected chi connectivity index (χ0v) is 9.33. The molecule has 0 amide bonds. The molecular formula is C12H13ClO2. The molecule has 0 aliphatic heterocycles. The van der Waals surface area contributed by atoms with Crippen molar-refractivity contribution in [1.29, 1.82) is 0 Å². The molecule has 0 atom stereocenters. The van der Waals surface area contributed by atoms with E-state index in [-0.39, 0.29) is 5.97 Å². The largest absolute Gasteiger partial charge is 0.463 e. The Labute approximate surface area is 94.5 Å². The van der Waals surface area contributed by atoms with Gasteiger partial charge in [-0.3, -0.25) is 0 Å². The van der Waals surface area contributed by atoms with Crippen LogP contribution >= 0.6 is 11.6 Å².